The van der Waals surface area contributed by atoms with Gasteiger partial charge in [0.2, 0.25) is 0 Å². The van der Waals surface area contributed by atoms with Crippen LogP contribution in [0.25, 0.3) is 10.8 Å². The Morgan fingerprint density at radius 1 is 1.10 bits per heavy atom. The maximum atomic E-state index is 9.30. The van der Waals surface area contributed by atoms with Crippen LogP contribution < -0.4 is 19.9 Å². The van der Waals surface area contributed by atoms with Crippen molar-refractivity contribution < 1.29 is 9.47 Å². The zero-order chi connectivity index (χ0) is 27.6. The van der Waals surface area contributed by atoms with Crippen LogP contribution >= 0.6 is 0 Å². The predicted molar refractivity (Wildman–Crippen MR) is 157 cm³/mol. The minimum absolute atomic E-state index is 0.130. The van der Waals surface area contributed by atoms with Crippen LogP contribution in [0.3, 0.4) is 0 Å². The second kappa shape index (κ2) is 11.6. The number of fused-ring (bicyclic) bond motifs is 2. The Kier molecular flexibility index (Phi) is 7.74. The van der Waals surface area contributed by atoms with Crippen molar-refractivity contribution in [1.29, 1.82) is 5.26 Å². The first-order valence-corrected chi connectivity index (χ1v) is 14.4. The van der Waals surface area contributed by atoms with Gasteiger partial charge in [0.05, 0.1) is 30.8 Å². The lowest BCUT2D eigenvalue weighted by Crippen LogP contribution is -2.51. The maximum Gasteiger partial charge on any atom is 0.318 e. The van der Waals surface area contributed by atoms with E-state index in [4.69, 9.17) is 19.4 Å². The van der Waals surface area contributed by atoms with E-state index >= 15 is 0 Å². The summed E-state index contributed by atoms with van der Waals surface area (Å²) in [5.74, 6) is 0.965. The quantitative estimate of drug-likeness (QED) is 0.484. The third-order valence-electron chi connectivity index (χ3n) is 8.74. The third-order valence-corrected chi connectivity index (χ3v) is 8.74. The van der Waals surface area contributed by atoms with E-state index in [9.17, 15) is 5.26 Å². The molecule has 3 aliphatic heterocycles. The van der Waals surface area contributed by atoms with Gasteiger partial charge in [0, 0.05) is 68.6 Å². The number of benzene rings is 2. The van der Waals surface area contributed by atoms with Crippen LogP contribution in [0.2, 0.25) is 0 Å². The average Bonchev–Trinajstić information content (AvgIpc) is 3.35. The molecule has 40 heavy (non-hydrogen) atoms. The summed E-state index contributed by atoms with van der Waals surface area (Å²) in [5.41, 5.74) is 4.77. The van der Waals surface area contributed by atoms with Crippen molar-refractivity contribution >= 4 is 22.3 Å². The molecule has 3 aromatic rings. The number of aryl methyl sites for hydroxylation is 1. The molecule has 0 aliphatic carbocycles. The number of methoxy groups -OCH3 is 1. The summed E-state index contributed by atoms with van der Waals surface area (Å²) in [7, 11) is 3.89. The fraction of sp³-hybridized carbons (Fsp3) is 0.516. The number of anilines is 2. The number of hydrogen-bond acceptors (Lipinski definition) is 9. The van der Waals surface area contributed by atoms with Crippen molar-refractivity contribution in [1.82, 2.24) is 20.2 Å². The highest BCUT2D eigenvalue weighted by Gasteiger charge is 2.32. The fourth-order valence-corrected chi connectivity index (χ4v) is 6.52. The molecular weight excluding hydrogens is 502 g/mol. The molecule has 0 spiro atoms. The van der Waals surface area contributed by atoms with Crippen LogP contribution in [0.4, 0.5) is 11.5 Å². The zero-order valence-corrected chi connectivity index (χ0v) is 23.8. The molecule has 6 rings (SSSR count). The van der Waals surface area contributed by atoms with Gasteiger partial charge in [-0.2, -0.15) is 15.2 Å². The number of piperazine rings is 1. The van der Waals surface area contributed by atoms with Gasteiger partial charge in [-0.25, -0.2) is 0 Å². The van der Waals surface area contributed by atoms with Gasteiger partial charge in [0.1, 0.15) is 12.4 Å². The molecule has 9 nitrogen and oxygen atoms in total. The summed E-state index contributed by atoms with van der Waals surface area (Å²) in [6, 6.07) is 16.2. The lowest BCUT2D eigenvalue weighted by molar-refractivity contribution is 0.111. The predicted octanol–water partition coefficient (Wildman–Crippen LogP) is 3.29. The second-order valence-corrected chi connectivity index (χ2v) is 11.3. The maximum absolute atomic E-state index is 9.30. The van der Waals surface area contributed by atoms with Gasteiger partial charge in [0.25, 0.3) is 0 Å². The first kappa shape index (κ1) is 26.8. The average molecular weight is 542 g/mol. The summed E-state index contributed by atoms with van der Waals surface area (Å²) >= 11 is 0. The topological polar surface area (TPSA) is 89.8 Å². The van der Waals surface area contributed by atoms with Crippen LogP contribution in [-0.2, 0) is 17.7 Å². The van der Waals surface area contributed by atoms with Gasteiger partial charge in [-0.1, -0.05) is 30.3 Å². The molecule has 4 heterocycles. The number of ether oxygens (including phenoxy) is 2. The van der Waals surface area contributed by atoms with Gasteiger partial charge in [0.15, 0.2) is 0 Å². The molecule has 0 radical (unpaired) electrons. The van der Waals surface area contributed by atoms with E-state index in [1.165, 1.54) is 27.6 Å². The summed E-state index contributed by atoms with van der Waals surface area (Å²) in [6.45, 7) is 7.65. The number of likely N-dealkylation sites (tertiary alicyclic amines) is 1. The number of nitriles is 1. The van der Waals surface area contributed by atoms with Gasteiger partial charge >= 0.3 is 6.01 Å². The van der Waals surface area contributed by atoms with Gasteiger partial charge < -0.3 is 24.6 Å². The standard InChI is InChI=1S/C31H39N7O2/c1-21-6-4-7-22-8-5-9-28(29(21)22)37-14-11-26-27(19-37)34-31(40-20-24-16-25(39-3)18-36(24)2)35-30(26)38-15-13-33-23(17-38)10-12-32/h4-9,23-25,33H,10-11,13-20H2,1-3H3/t23-,24+,25+/m0/s1. The van der Waals surface area contributed by atoms with Crippen molar-refractivity contribution in [2.75, 3.05) is 63.3 Å². The van der Waals surface area contributed by atoms with E-state index in [2.05, 4.69) is 76.5 Å². The van der Waals surface area contributed by atoms with Crippen molar-refractivity contribution in [2.24, 2.45) is 0 Å². The van der Waals surface area contributed by atoms with E-state index < -0.39 is 0 Å². The summed E-state index contributed by atoms with van der Waals surface area (Å²) in [5, 5.41) is 15.3. The largest absolute Gasteiger partial charge is 0.462 e. The Morgan fingerprint density at radius 2 is 1.95 bits per heavy atom. The SMILES string of the molecule is CO[C@@H]1C[C@H](COc2nc3c(c(N4CCN[C@@H](CC#N)C4)n2)CCN(c2cccc4cccc(C)c24)C3)N(C)C1. The van der Waals surface area contributed by atoms with Crippen molar-refractivity contribution in [3.63, 3.8) is 0 Å². The Labute approximate surface area is 236 Å². The fourth-order valence-electron chi connectivity index (χ4n) is 6.52. The number of likely N-dealkylation sites (N-methyl/N-ethyl adjacent to an activating group) is 1. The van der Waals surface area contributed by atoms with E-state index in [1.807, 2.05) is 0 Å². The van der Waals surface area contributed by atoms with Crippen molar-refractivity contribution in [3.05, 3.63) is 53.2 Å². The zero-order valence-electron chi connectivity index (χ0n) is 23.8. The molecule has 210 valence electrons. The minimum Gasteiger partial charge on any atom is -0.462 e. The van der Waals surface area contributed by atoms with E-state index in [0.29, 0.717) is 25.6 Å². The molecule has 0 unspecified atom stereocenters. The highest BCUT2D eigenvalue weighted by molar-refractivity contribution is 5.97. The van der Waals surface area contributed by atoms with Gasteiger partial charge in [-0.05, 0) is 43.8 Å². The van der Waals surface area contributed by atoms with Crippen LogP contribution in [0.15, 0.2) is 36.4 Å². The van der Waals surface area contributed by atoms with E-state index in [1.54, 1.807) is 7.11 Å². The highest BCUT2D eigenvalue weighted by atomic mass is 16.5. The van der Waals surface area contributed by atoms with Crippen molar-refractivity contribution in [3.8, 4) is 12.1 Å². The van der Waals surface area contributed by atoms with E-state index in [-0.39, 0.29) is 18.2 Å². The summed E-state index contributed by atoms with van der Waals surface area (Å²) in [4.78, 5) is 17.1. The summed E-state index contributed by atoms with van der Waals surface area (Å²) < 4.78 is 11.9. The second-order valence-electron chi connectivity index (χ2n) is 11.3. The van der Waals surface area contributed by atoms with Gasteiger partial charge in [-0.3, -0.25) is 4.90 Å². The molecule has 2 aromatic carbocycles. The lowest BCUT2D eigenvalue weighted by Gasteiger charge is -2.37. The van der Waals surface area contributed by atoms with Crippen LogP contribution in [0, 0.1) is 18.3 Å². The molecule has 1 N–H and O–H groups in total. The third kappa shape index (κ3) is 5.31. The Morgan fingerprint density at radius 3 is 2.75 bits per heavy atom. The van der Waals surface area contributed by atoms with Crippen LogP contribution in [0.1, 0.15) is 29.7 Å². The molecule has 0 saturated carbocycles. The normalized spacial score (nSPS) is 23.3. The Bertz CT molecular complexity index is 1400. The lowest BCUT2D eigenvalue weighted by atomic mass is 9.99. The smallest absolute Gasteiger partial charge is 0.318 e. The number of nitrogens with one attached hydrogen (secondary N) is 1. The Hall–Kier alpha value is -3.45. The number of hydrogen-bond donors (Lipinski definition) is 1. The number of aromatic nitrogens is 2. The van der Waals surface area contributed by atoms with E-state index in [0.717, 1.165) is 57.1 Å². The molecule has 3 atom stereocenters. The number of rotatable bonds is 7. The first-order valence-electron chi connectivity index (χ1n) is 14.4. The van der Waals surface area contributed by atoms with Crippen LogP contribution in [-0.4, -0.2) is 86.5 Å². The molecule has 2 saturated heterocycles. The molecule has 3 aliphatic rings. The van der Waals surface area contributed by atoms with Crippen molar-refractivity contribution in [2.45, 2.75) is 50.9 Å². The Balaban J connectivity index is 1.32. The van der Waals surface area contributed by atoms with Gasteiger partial charge in [-0.15, -0.1) is 0 Å². The molecule has 1 aromatic heterocycles. The number of nitrogens with zero attached hydrogens (tertiary/aromatic N) is 6. The molecular formula is C31H39N7O2. The highest BCUT2D eigenvalue weighted by Crippen LogP contribution is 2.35. The minimum atomic E-state index is 0.130. The monoisotopic (exact) mass is 541 g/mol. The molecule has 0 bridgehead atoms. The molecule has 9 heteroatoms. The van der Waals surface area contributed by atoms with Crippen LogP contribution in [0.5, 0.6) is 6.01 Å². The first-order chi connectivity index (χ1) is 19.5. The summed E-state index contributed by atoms with van der Waals surface area (Å²) in [6.07, 6.45) is 2.51. The molecule has 0 amide bonds. The molecule has 2 fully saturated rings.